The Balaban J connectivity index is 1.57. The Morgan fingerprint density at radius 1 is 1.05 bits per heavy atom. The van der Waals surface area contributed by atoms with Crippen molar-refractivity contribution in [2.45, 2.75) is 89.9 Å². The molecule has 2 unspecified atom stereocenters. The van der Waals surface area contributed by atoms with Crippen LogP contribution in [-0.4, -0.2) is 69.8 Å². The number of nitrogens with one attached hydrogen (secondary N) is 1. The van der Waals surface area contributed by atoms with Gasteiger partial charge in [0.15, 0.2) is 0 Å². The minimum atomic E-state index is -0.653. The molecule has 2 aliphatic rings. The number of nitrogens with zero attached hydrogens (tertiary/aromatic N) is 3. The van der Waals surface area contributed by atoms with Crippen LogP contribution in [0, 0.1) is 5.41 Å². The third kappa shape index (κ3) is 7.88. The van der Waals surface area contributed by atoms with E-state index in [1.165, 1.54) is 6.20 Å². The van der Waals surface area contributed by atoms with Crippen molar-refractivity contribution in [2.75, 3.05) is 13.1 Å². The molecule has 1 aromatic heterocycles. The quantitative estimate of drug-likeness (QED) is 0.539. The number of amides is 3. The zero-order chi connectivity index (χ0) is 28.0. The summed E-state index contributed by atoms with van der Waals surface area (Å²) in [6.45, 7) is 7.01. The maximum Gasteiger partial charge on any atom is 0.256 e. The standard InChI is InChI=1S/C31H43N5O3/c1-31(2,3)19-28(37)35(17-15-22-8-5-4-6-9-22)26-18-27(29(38)34-25-13-11-24(32)12-14-25)36(21-26)30(39)23-10-7-16-33-20-23/h4-10,16,20,24-27H,11-15,17-19,21,32H2,1-3H3,(H,34,38). The predicted molar refractivity (Wildman–Crippen MR) is 152 cm³/mol. The number of nitrogens with two attached hydrogens (primary N) is 1. The van der Waals surface area contributed by atoms with E-state index in [4.69, 9.17) is 5.73 Å². The van der Waals surface area contributed by atoms with Gasteiger partial charge in [-0.2, -0.15) is 0 Å². The number of aromatic nitrogens is 1. The number of carbonyl (C=O) groups is 3. The number of rotatable bonds is 8. The fraction of sp³-hybridized carbons (Fsp3) is 0.548. The van der Waals surface area contributed by atoms with E-state index in [0.29, 0.717) is 37.9 Å². The minimum absolute atomic E-state index is 0.0551. The normalized spacial score (nSPS) is 23.3. The van der Waals surface area contributed by atoms with Crippen LogP contribution in [0.2, 0.25) is 0 Å². The van der Waals surface area contributed by atoms with E-state index in [-0.39, 0.29) is 41.3 Å². The third-order valence-corrected chi connectivity index (χ3v) is 7.80. The molecule has 210 valence electrons. The van der Waals surface area contributed by atoms with E-state index in [9.17, 15) is 14.4 Å². The van der Waals surface area contributed by atoms with Crippen molar-refractivity contribution in [1.29, 1.82) is 0 Å². The summed E-state index contributed by atoms with van der Waals surface area (Å²) in [5, 5.41) is 3.20. The molecule has 8 heteroatoms. The molecule has 1 aliphatic carbocycles. The van der Waals surface area contributed by atoms with Gasteiger partial charge in [-0.25, -0.2) is 0 Å². The second kappa shape index (κ2) is 12.7. The van der Waals surface area contributed by atoms with Crippen LogP contribution >= 0.6 is 0 Å². The van der Waals surface area contributed by atoms with Crippen molar-refractivity contribution in [1.82, 2.24) is 20.1 Å². The summed E-state index contributed by atoms with van der Waals surface area (Å²) in [6, 6.07) is 12.9. The highest BCUT2D eigenvalue weighted by Crippen LogP contribution is 2.29. The first kappa shape index (κ1) is 28.7. The highest BCUT2D eigenvalue weighted by atomic mass is 16.2. The minimum Gasteiger partial charge on any atom is -0.352 e. The van der Waals surface area contributed by atoms with E-state index in [1.54, 1.807) is 23.2 Å². The SMILES string of the molecule is CC(C)(C)CC(=O)N(CCc1ccccc1)C1CC(C(=O)NC2CCC(N)CC2)N(C(=O)c2cccnc2)C1. The van der Waals surface area contributed by atoms with Crippen molar-refractivity contribution in [3.63, 3.8) is 0 Å². The lowest BCUT2D eigenvalue weighted by Gasteiger charge is -2.32. The summed E-state index contributed by atoms with van der Waals surface area (Å²) in [5.41, 5.74) is 7.48. The monoisotopic (exact) mass is 533 g/mol. The highest BCUT2D eigenvalue weighted by Gasteiger charge is 2.44. The summed E-state index contributed by atoms with van der Waals surface area (Å²) in [6.07, 6.45) is 8.12. The largest absolute Gasteiger partial charge is 0.352 e. The van der Waals surface area contributed by atoms with Crippen LogP contribution < -0.4 is 11.1 Å². The zero-order valence-electron chi connectivity index (χ0n) is 23.5. The Bertz CT molecular complexity index is 1110. The molecule has 0 radical (unpaired) electrons. The van der Waals surface area contributed by atoms with E-state index < -0.39 is 6.04 Å². The third-order valence-electron chi connectivity index (χ3n) is 7.80. The molecule has 2 atom stereocenters. The van der Waals surface area contributed by atoms with Gasteiger partial charge in [-0.1, -0.05) is 51.1 Å². The van der Waals surface area contributed by atoms with Crippen molar-refractivity contribution >= 4 is 17.7 Å². The molecular formula is C31H43N5O3. The fourth-order valence-corrected chi connectivity index (χ4v) is 5.69. The Morgan fingerprint density at radius 3 is 2.41 bits per heavy atom. The van der Waals surface area contributed by atoms with Crippen LogP contribution in [0.3, 0.4) is 0 Å². The van der Waals surface area contributed by atoms with Crippen LogP contribution in [0.15, 0.2) is 54.9 Å². The number of pyridine rings is 1. The molecule has 1 saturated carbocycles. The second-order valence-electron chi connectivity index (χ2n) is 12.3. The molecule has 2 aromatic rings. The van der Waals surface area contributed by atoms with Gasteiger partial charge in [0.25, 0.3) is 5.91 Å². The molecule has 0 spiro atoms. The van der Waals surface area contributed by atoms with Crippen molar-refractivity contribution in [3.05, 3.63) is 66.0 Å². The molecule has 2 heterocycles. The zero-order valence-corrected chi connectivity index (χ0v) is 23.5. The van der Waals surface area contributed by atoms with E-state index >= 15 is 0 Å². The fourth-order valence-electron chi connectivity index (χ4n) is 5.69. The highest BCUT2D eigenvalue weighted by molar-refractivity contribution is 5.98. The first-order chi connectivity index (χ1) is 18.6. The number of carbonyl (C=O) groups excluding carboxylic acids is 3. The first-order valence-corrected chi connectivity index (χ1v) is 14.2. The Kier molecular flexibility index (Phi) is 9.38. The average Bonchev–Trinajstić information content (AvgIpc) is 3.35. The molecular weight excluding hydrogens is 490 g/mol. The number of hydrogen-bond acceptors (Lipinski definition) is 5. The topological polar surface area (TPSA) is 109 Å². The molecule has 3 N–H and O–H groups in total. The van der Waals surface area contributed by atoms with E-state index in [2.05, 4.69) is 43.2 Å². The van der Waals surface area contributed by atoms with Crippen LogP contribution in [0.5, 0.6) is 0 Å². The summed E-state index contributed by atoms with van der Waals surface area (Å²) in [5.74, 6) is -0.330. The van der Waals surface area contributed by atoms with Gasteiger partial charge in [-0.05, 0) is 61.6 Å². The lowest BCUT2D eigenvalue weighted by molar-refractivity contribution is -0.135. The molecule has 1 aliphatic heterocycles. The molecule has 1 saturated heterocycles. The lowest BCUT2D eigenvalue weighted by atomic mass is 9.91. The number of benzene rings is 1. The van der Waals surface area contributed by atoms with Gasteiger partial charge in [0.2, 0.25) is 11.8 Å². The van der Waals surface area contributed by atoms with Gasteiger partial charge in [-0.15, -0.1) is 0 Å². The van der Waals surface area contributed by atoms with Gasteiger partial charge in [0, 0.05) is 44.0 Å². The summed E-state index contributed by atoms with van der Waals surface area (Å²) in [4.78, 5) is 48.6. The van der Waals surface area contributed by atoms with Crippen LogP contribution in [0.1, 0.15) is 75.2 Å². The van der Waals surface area contributed by atoms with Crippen LogP contribution in [0.4, 0.5) is 0 Å². The van der Waals surface area contributed by atoms with E-state index in [1.807, 2.05) is 23.1 Å². The van der Waals surface area contributed by atoms with E-state index in [0.717, 1.165) is 31.2 Å². The summed E-state index contributed by atoms with van der Waals surface area (Å²) >= 11 is 0. The summed E-state index contributed by atoms with van der Waals surface area (Å²) < 4.78 is 0. The van der Waals surface area contributed by atoms with Crippen LogP contribution in [0.25, 0.3) is 0 Å². The predicted octanol–water partition coefficient (Wildman–Crippen LogP) is 3.56. The Labute approximate surface area is 232 Å². The number of likely N-dealkylation sites (tertiary alicyclic amines) is 1. The molecule has 3 amide bonds. The van der Waals surface area contributed by atoms with Gasteiger partial charge in [-0.3, -0.25) is 19.4 Å². The number of hydrogen-bond donors (Lipinski definition) is 2. The van der Waals surface area contributed by atoms with Crippen LogP contribution in [-0.2, 0) is 16.0 Å². The second-order valence-corrected chi connectivity index (χ2v) is 12.3. The summed E-state index contributed by atoms with van der Waals surface area (Å²) in [7, 11) is 0. The maximum atomic E-state index is 13.6. The molecule has 4 rings (SSSR count). The maximum absolute atomic E-state index is 13.6. The Morgan fingerprint density at radius 2 is 1.77 bits per heavy atom. The van der Waals surface area contributed by atoms with Crippen molar-refractivity contribution < 1.29 is 14.4 Å². The lowest BCUT2D eigenvalue weighted by Crippen LogP contribution is -2.50. The Hall–Kier alpha value is -3.26. The van der Waals surface area contributed by atoms with Crippen molar-refractivity contribution in [2.24, 2.45) is 11.1 Å². The average molecular weight is 534 g/mol. The molecule has 0 bridgehead atoms. The van der Waals surface area contributed by atoms with Gasteiger partial charge >= 0.3 is 0 Å². The first-order valence-electron chi connectivity index (χ1n) is 14.2. The van der Waals surface area contributed by atoms with Gasteiger partial charge < -0.3 is 20.9 Å². The smallest absolute Gasteiger partial charge is 0.256 e. The van der Waals surface area contributed by atoms with Gasteiger partial charge in [0.1, 0.15) is 6.04 Å². The molecule has 1 aromatic carbocycles. The molecule has 2 fully saturated rings. The van der Waals surface area contributed by atoms with Gasteiger partial charge in [0.05, 0.1) is 11.6 Å². The van der Waals surface area contributed by atoms with Crippen molar-refractivity contribution in [3.8, 4) is 0 Å². The molecule has 8 nitrogen and oxygen atoms in total. The molecule has 39 heavy (non-hydrogen) atoms.